The highest BCUT2D eigenvalue weighted by Gasteiger charge is 2.37. The average molecular weight is 677 g/mol. The number of esters is 1. The number of benzene rings is 3. The Bertz CT molecular complexity index is 1750. The SMILES string of the molecule is CC(C)(C)OC(=O)CCC(C(N)=O)N1Cc2c(OCc3ccc(SC4CCN(c5ccc(C#N)cc5F)CC4)c(F)c3)cccc2C1=O. The van der Waals surface area contributed by atoms with E-state index < -0.39 is 29.3 Å². The number of carbonyl (C=O) groups is 3. The van der Waals surface area contributed by atoms with E-state index in [1.807, 2.05) is 11.0 Å². The molecule has 1 atom stereocenters. The van der Waals surface area contributed by atoms with E-state index in [9.17, 15) is 18.8 Å². The number of amides is 2. The van der Waals surface area contributed by atoms with E-state index in [0.717, 1.165) is 12.8 Å². The number of hydrogen-bond donors (Lipinski definition) is 1. The van der Waals surface area contributed by atoms with Crippen LogP contribution in [0.4, 0.5) is 14.5 Å². The lowest BCUT2D eigenvalue weighted by atomic mass is 10.1. The van der Waals surface area contributed by atoms with Crippen LogP contribution in [0.1, 0.15) is 73.5 Å². The molecule has 2 aliphatic rings. The number of halogens is 2. The van der Waals surface area contributed by atoms with Crippen molar-refractivity contribution < 1.29 is 32.6 Å². The van der Waals surface area contributed by atoms with E-state index in [0.29, 0.717) is 46.1 Å². The molecule has 0 bridgehead atoms. The van der Waals surface area contributed by atoms with Gasteiger partial charge in [0, 0.05) is 40.8 Å². The van der Waals surface area contributed by atoms with Crippen LogP contribution in [-0.4, -0.2) is 52.7 Å². The number of nitrogens with two attached hydrogens (primary N) is 1. The van der Waals surface area contributed by atoms with Gasteiger partial charge in [-0.2, -0.15) is 5.26 Å². The van der Waals surface area contributed by atoms with Crippen LogP contribution in [0.2, 0.25) is 0 Å². The molecule has 48 heavy (non-hydrogen) atoms. The number of hydrogen-bond acceptors (Lipinski definition) is 8. The Kier molecular flexibility index (Phi) is 10.6. The fraction of sp³-hybridized carbons (Fsp3) is 0.389. The van der Waals surface area contributed by atoms with E-state index >= 15 is 4.39 Å². The van der Waals surface area contributed by atoms with Crippen molar-refractivity contribution in [2.45, 2.75) is 81.4 Å². The summed E-state index contributed by atoms with van der Waals surface area (Å²) in [6.07, 6.45) is 1.45. The maximum atomic E-state index is 15.2. The highest BCUT2D eigenvalue weighted by molar-refractivity contribution is 8.00. The zero-order valence-corrected chi connectivity index (χ0v) is 27.9. The number of piperidine rings is 1. The first-order valence-electron chi connectivity index (χ1n) is 15.8. The number of nitriles is 1. The second-order valence-electron chi connectivity index (χ2n) is 12.9. The van der Waals surface area contributed by atoms with Gasteiger partial charge in [0.15, 0.2) is 0 Å². The predicted molar refractivity (Wildman–Crippen MR) is 177 cm³/mol. The van der Waals surface area contributed by atoms with Crippen LogP contribution in [0.3, 0.4) is 0 Å². The van der Waals surface area contributed by atoms with Crippen molar-refractivity contribution >= 4 is 35.2 Å². The van der Waals surface area contributed by atoms with Crippen LogP contribution < -0.4 is 15.4 Å². The van der Waals surface area contributed by atoms with Crippen molar-refractivity contribution in [2.24, 2.45) is 5.73 Å². The van der Waals surface area contributed by atoms with Crippen LogP contribution in [-0.2, 0) is 27.5 Å². The summed E-state index contributed by atoms with van der Waals surface area (Å²) in [7, 11) is 0. The Balaban J connectivity index is 1.17. The molecular formula is C36H38F2N4O5S. The van der Waals surface area contributed by atoms with Crippen molar-refractivity contribution in [1.29, 1.82) is 5.26 Å². The first-order valence-corrected chi connectivity index (χ1v) is 16.7. The summed E-state index contributed by atoms with van der Waals surface area (Å²) in [5, 5.41) is 9.15. The molecule has 2 heterocycles. The van der Waals surface area contributed by atoms with Crippen LogP contribution in [0.25, 0.3) is 0 Å². The van der Waals surface area contributed by atoms with Crippen molar-refractivity contribution in [3.8, 4) is 11.8 Å². The summed E-state index contributed by atoms with van der Waals surface area (Å²) in [5.74, 6) is -1.94. The molecule has 3 aromatic carbocycles. The van der Waals surface area contributed by atoms with Crippen molar-refractivity contribution in [3.05, 3.63) is 88.5 Å². The minimum atomic E-state index is -1.01. The molecule has 9 nitrogen and oxygen atoms in total. The fourth-order valence-corrected chi connectivity index (χ4v) is 7.05. The molecule has 2 amide bonds. The number of primary amides is 1. The van der Waals surface area contributed by atoms with Gasteiger partial charge in [0.2, 0.25) is 5.91 Å². The number of ether oxygens (including phenoxy) is 2. The zero-order valence-electron chi connectivity index (χ0n) is 27.1. The van der Waals surface area contributed by atoms with E-state index in [1.54, 1.807) is 63.2 Å². The molecule has 1 saturated heterocycles. The first-order chi connectivity index (χ1) is 22.8. The van der Waals surface area contributed by atoms with E-state index in [4.69, 9.17) is 20.5 Å². The molecule has 2 aliphatic heterocycles. The van der Waals surface area contributed by atoms with Gasteiger partial charge in [-0.15, -0.1) is 11.8 Å². The minimum Gasteiger partial charge on any atom is -0.489 e. The molecule has 1 fully saturated rings. The fourth-order valence-electron chi connectivity index (χ4n) is 5.93. The molecule has 0 spiro atoms. The molecule has 0 saturated carbocycles. The molecule has 0 radical (unpaired) electrons. The quantitative estimate of drug-likeness (QED) is 0.241. The van der Waals surface area contributed by atoms with Crippen molar-refractivity contribution in [2.75, 3.05) is 18.0 Å². The smallest absolute Gasteiger partial charge is 0.306 e. The number of anilines is 1. The first kappa shape index (κ1) is 34.7. The lowest BCUT2D eigenvalue weighted by Crippen LogP contribution is -2.45. The van der Waals surface area contributed by atoms with E-state index in [2.05, 4.69) is 0 Å². The van der Waals surface area contributed by atoms with Gasteiger partial charge < -0.3 is 25.0 Å². The zero-order chi connectivity index (χ0) is 34.6. The summed E-state index contributed by atoms with van der Waals surface area (Å²) in [5.41, 5.74) is 7.30. The van der Waals surface area contributed by atoms with Crippen LogP contribution >= 0.6 is 11.8 Å². The van der Waals surface area contributed by atoms with Gasteiger partial charge in [0.1, 0.15) is 35.6 Å². The molecule has 2 N–H and O–H groups in total. The Morgan fingerprint density at radius 3 is 2.48 bits per heavy atom. The maximum absolute atomic E-state index is 15.2. The number of thioether (sulfide) groups is 1. The van der Waals surface area contributed by atoms with Gasteiger partial charge in [0.05, 0.1) is 23.9 Å². The lowest BCUT2D eigenvalue weighted by molar-refractivity contribution is -0.155. The molecule has 0 aliphatic carbocycles. The third-order valence-electron chi connectivity index (χ3n) is 8.24. The van der Waals surface area contributed by atoms with E-state index in [1.165, 1.54) is 28.8 Å². The highest BCUT2D eigenvalue weighted by Crippen LogP contribution is 2.36. The predicted octanol–water partition coefficient (Wildman–Crippen LogP) is 6.11. The second-order valence-corrected chi connectivity index (χ2v) is 14.2. The molecule has 1 unspecified atom stereocenters. The van der Waals surface area contributed by atoms with Crippen molar-refractivity contribution in [1.82, 2.24) is 4.90 Å². The molecule has 12 heteroatoms. The standard InChI is InChI=1S/C36H38F2N4O5S/c1-36(2,3)47-33(43)12-10-30(34(40)44)42-20-26-25(35(42)45)5-4-6-31(26)46-21-23-8-11-32(28(38)18-23)48-24-13-15-41(16-14-24)29-9-7-22(19-39)17-27(29)37/h4-9,11,17-18,24,30H,10,12-16,20-21H2,1-3H3,(H2,40,44). The Morgan fingerprint density at radius 1 is 1.08 bits per heavy atom. The summed E-state index contributed by atoms with van der Waals surface area (Å²) >= 11 is 1.46. The van der Waals surface area contributed by atoms with Gasteiger partial charge in [-0.25, -0.2) is 8.78 Å². The van der Waals surface area contributed by atoms with Gasteiger partial charge in [-0.05, 0) is 88.1 Å². The Morgan fingerprint density at radius 2 is 1.83 bits per heavy atom. The van der Waals surface area contributed by atoms with Gasteiger partial charge in [0.25, 0.3) is 5.91 Å². The topological polar surface area (TPSA) is 126 Å². The lowest BCUT2D eigenvalue weighted by Gasteiger charge is -2.33. The van der Waals surface area contributed by atoms with Crippen LogP contribution in [0, 0.1) is 23.0 Å². The van der Waals surface area contributed by atoms with Gasteiger partial charge >= 0.3 is 5.97 Å². The summed E-state index contributed by atoms with van der Waals surface area (Å²) in [6, 6.07) is 15.4. The van der Waals surface area contributed by atoms with Gasteiger partial charge in [-0.3, -0.25) is 14.4 Å². The van der Waals surface area contributed by atoms with Crippen LogP contribution in [0.15, 0.2) is 59.5 Å². The number of fused-ring (bicyclic) bond motifs is 1. The molecular weight excluding hydrogens is 638 g/mol. The molecule has 5 rings (SSSR count). The Hall–Kier alpha value is -4.63. The summed E-state index contributed by atoms with van der Waals surface area (Å²) in [6.45, 7) is 6.62. The molecule has 3 aromatic rings. The highest BCUT2D eigenvalue weighted by atomic mass is 32.2. The molecule has 252 valence electrons. The number of carbonyl (C=O) groups excluding carboxylic acids is 3. The van der Waals surface area contributed by atoms with E-state index in [-0.39, 0.29) is 48.5 Å². The largest absolute Gasteiger partial charge is 0.489 e. The Labute approximate surface area is 283 Å². The summed E-state index contributed by atoms with van der Waals surface area (Å²) in [4.78, 5) is 41.7. The van der Waals surface area contributed by atoms with Crippen molar-refractivity contribution in [3.63, 3.8) is 0 Å². The van der Waals surface area contributed by atoms with Gasteiger partial charge in [-0.1, -0.05) is 12.1 Å². The monoisotopic (exact) mass is 676 g/mol. The number of rotatable bonds is 11. The maximum Gasteiger partial charge on any atom is 0.306 e. The summed E-state index contributed by atoms with van der Waals surface area (Å²) < 4.78 is 41.1. The minimum absolute atomic E-state index is 0.0264. The third-order valence-corrected chi connectivity index (χ3v) is 9.63. The third kappa shape index (κ3) is 8.26. The van der Waals surface area contributed by atoms with Crippen LogP contribution in [0.5, 0.6) is 5.75 Å². The normalized spacial score (nSPS) is 15.5. The second kappa shape index (κ2) is 14.6. The number of nitrogens with zero attached hydrogens (tertiary/aromatic N) is 3. The average Bonchev–Trinajstić information content (AvgIpc) is 3.37. The molecule has 0 aromatic heterocycles.